The zero-order valence-corrected chi connectivity index (χ0v) is 15.3. The van der Waals surface area contributed by atoms with Crippen LogP contribution in [0.3, 0.4) is 0 Å². The van der Waals surface area contributed by atoms with Gasteiger partial charge >= 0.3 is 5.97 Å². The lowest BCUT2D eigenvalue weighted by molar-refractivity contribution is -0.384. The smallest absolute Gasteiger partial charge is 0.354 e. The van der Waals surface area contributed by atoms with Crippen molar-refractivity contribution >= 4 is 11.7 Å². The molecule has 0 saturated heterocycles. The molecule has 1 aliphatic rings. The number of aryl methyl sites for hydroxylation is 1. The lowest BCUT2D eigenvalue weighted by atomic mass is 9.86. The van der Waals surface area contributed by atoms with Crippen LogP contribution in [-0.2, 0) is 19.4 Å². The fraction of sp³-hybridized carbons (Fsp3) is 0.200. The van der Waals surface area contributed by atoms with Crippen molar-refractivity contribution < 1.29 is 19.9 Å². The fourth-order valence-corrected chi connectivity index (χ4v) is 3.81. The average molecular weight is 394 g/mol. The molecule has 9 nitrogen and oxygen atoms in total. The second-order valence-corrected chi connectivity index (χ2v) is 6.83. The van der Waals surface area contributed by atoms with Gasteiger partial charge in [-0.15, -0.1) is 0 Å². The first-order valence-corrected chi connectivity index (χ1v) is 9.04. The molecule has 2 aromatic carbocycles. The Morgan fingerprint density at radius 2 is 2.03 bits per heavy atom. The largest absolute Gasteiger partial charge is 0.507 e. The fourth-order valence-electron chi connectivity index (χ4n) is 3.81. The number of non-ortho nitro benzene ring substituents is 1. The molecule has 29 heavy (non-hydrogen) atoms. The molecule has 0 radical (unpaired) electrons. The summed E-state index contributed by atoms with van der Waals surface area (Å²) in [4.78, 5) is 22.4. The van der Waals surface area contributed by atoms with E-state index in [-0.39, 0.29) is 30.2 Å². The number of aromatic hydroxyl groups is 1. The van der Waals surface area contributed by atoms with E-state index in [9.17, 15) is 25.1 Å². The number of hydrogen-bond acceptors (Lipinski definition) is 6. The van der Waals surface area contributed by atoms with Crippen molar-refractivity contribution in [3.63, 3.8) is 0 Å². The number of fused-ring (bicyclic) bond motifs is 3. The number of phenols is 1. The van der Waals surface area contributed by atoms with Crippen LogP contribution in [0.2, 0.25) is 0 Å². The Labute approximate surface area is 165 Å². The quantitative estimate of drug-likeness (QED) is 0.445. The standard InChI is InChI=1S/C20H18N4O5/c21-6-7-23-19(20(26)27)14-5-4-12-9-17(25)15(10-16(12)18(14)22-23)11-2-1-3-13(8-11)24(28)29/h1-3,8-10,25H,4-7,21H2,(H,26,27). The van der Waals surface area contributed by atoms with E-state index >= 15 is 0 Å². The Balaban J connectivity index is 1.90. The van der Waals surface area contributed by atoms with Crippen molar-refractivity contribution in [2.24, 2.45) is 5.73 Å². The number of carboxylic acids is 1. The van der Waals surface area contributed by atoms with Crippen molar-refractivity contribution in [2.75, 3.05) is 6.54 Å². The number of carboxylic acid groups (broad SMARTS) is 1. The molecular formula is C20H18N4O5. The number of hydrogen-bond donors (Lipinski definition) is 3. The Morgan fingerprint density at radius 3 is 2.72 bits per heavy atom. The van der Waals surface area contributed by atoms with E-state index in [0.717, 1.165) is 5.56 Å². The number of nitro groups is 1. The Morgan fingerprint density at radius 1 is 1.24 bits per heavy atom. The Hall–Kier alpha value is -3.72. The van der Waals surface area contributed by atoms with Gasteiger partial charge in [0.1, 0.15) is 11.4 Å². The van der Waals surface area contributed by atoms with Gasteiger partial charge in [-0.1, -0.05) is 12.1 Å². The second kappa shape index (κ2) is 7.02. The Bertz CT molecular complexity index is 1150. The minimum Gasteiger partial charge on any atom is -0.507 e. The number of benzene rings is 2. The van der Waals surface area contributed by atoms with Gasteiger partial charge < -0.3 is 15.9 Å². The van der Waals surface area contributed by atoms with Gasteiger partial charge in [-0.25, -0.2) is 4.79 Å². The highest BCUT2D eigenvalue weighted by Gasteiger charge is 2.29. The molecule has 0 aliphatic heterocycles. The molecule has 0 saturated carbocycles. The summed E-state index contributed by atoms with van der Waals surface area (Å²) in [6.07, 6.45) is 1.05. The van der Waals surface area contributed by atoms with Crippen LogP contribution >= 0.6 is 0 Å². The second-order valence-electron chi connectivity index (χ2n) is 6.83. The summed E-state index contributed by atoms with van der Waals surface area (Å²) in [5.74, 6) is -1.05. The molecular weight excluding hydrogens is 376 g/mol. The summed E-state index contributed by atoms with van der Waals surface area (Å²) in [6, 6.07) is 9.33. The maximum atomic E-state index is 11.8. The third-order valence-corrected chi connectivity index (χ3v) is 5.08. The molecule has 1 aliphatic carbocycles. The highest BCUT2D eigenvalue weighted by atomic mass is 16.6. The number of nitro benzene ring substituents is 1. The summed E-state index contributed by atoms with van der Waals surface area (Å²) in [6.45, 7) is 0.530. The van der Waals surface area contributed by atoms with E-state index in [1.165, 1.54) is 16.8 Å². The zero-order valence-electron chi connectivity index (χ0n) is 15.3. The molecule has 148 valence electrons. The van der Waals surface area contributed by atoms with Crippen molar-refractivity contribution in [1.29, 1.82) is 0 Å². The first-order chi connectivity index (χ1) is 13.9. The molecule has 4 rings (SSSR count). The molecule has 1 heterocycles. The minimum absolute atomic E-state index is 0.00699. The van der Waals surface area contributed by atoms with Gasteiger partial charge in [-0.3, -0.25) is 14.8 Å². The molecule has 4 N–H and O–H groups in total. The molecule has 9 heteroatoms. The molecule has 0 amide bonds. The van der Waals surface area contributed by atoms with Crippen LogP contribution < -0.4 is 5.73 Å². The number of aromatic carboxylic acids is 1. The van der Waals surface area contributed by atoms with Crippen LogP contribution in [0.15, 0.2) is 36.4 Å². The number of rotatable bonds is 5. The summed E-state index contributed by atoms with van der Waals surface area (Å²) in [5.41, 5.74) is 9.29. The third-order valence-electron chi connectivity index (χ3n) is 5.08. The van der Waals surface area contributed by atoms with E-state index in [1.807, 2.05) is 0 Å². The number of phenolic OH excluding ortho intramolecular Hbond substituents is 1. The van der Waals surface area contributed by atoms with E-state index in [0.29, 0.717) is 40.8 Å². The lowest BCUT2D eigenvalue weighted by Crippen LogP contribution is -2.17. The molecule has 0 bridgehead atoms. The van der Waals surface area contributed by atoms with Crippen molar-refractivity contribution in [2.45, 2.75) is 19.4 Å². The molecule has 0 unspecified atom stereocenters. The Kier molecular flexibility index (Phi) is 4.51. The summed E-state index contributed by atoms with van der Waals surface area (Å²) in [7, 11) is 0. The van der Waals surface area contributed by atoms with Crippen LogP contribution in [0.25, 0.3) is 22.4 Å². The maximum Gasteiger partial charge on any atom is 0.354 e. The highest BCUT2D eigenvalue weighted by Crippen LogP contribution is 2.41. The maximum absolute atomic E-state index is 11.8. The van der Waals surface area contributed by atoms with Gasteiger partial charge in [0, 0.05) is 35.4 Å². The molecule has 0 fully saturated rings. The van der Waals surface area contributed by atoms with Crippen LogP contribution in [0.5, 0.6) is 5.75 Å². The van der Waals surface area contributed by atoms with Crippen LogP contribution in [0.4, 0.5) is 5.69 Å². The van der Waals surface area contributed by atoms with E-state index < -0.39 is 10.9 Å². The summed E-state index contributed by atoms with van der Waals surface area (Å²) >= 11 is 0. The SMILES string of the molecule is NCCn1nc2c(c1C(=O)O)CCc1cc(O)c(-c3cccc([N+](=O)[O-])c3)cc1-2. The minimum atomic E-state index is -1.06. The predicted molar refractivity (Wildman–Crippen MR) is 105 cm³/mol. The number of aromatic nitrogens is 2. The van der Waals surface area contributed by atoms with Crippen LogP contribution in [0, 0.1) is 10.1 Å². The summed E-state index contributed by atoms with van der Waals surface area (Å²) < 4.78 is 1.40. The van der Waals surface area contributed by atoms with Crippen molar-refractivity contribution in [1.82, 2.24) is 9.78 Å². The molecule has 0 atom stereocenters. The van der Waals surface area contributed by atoms with E-state index in [2.05, 4.69) is 5.10 Å². The van der Waals surface area contributed by atoms with Gasteiger partial charge in [-0.05, 0) is 36.1 Å². The van der Waals surface area contributed by atoms with Gasteiger partial charge in [0.2, 0.25) is 0 Å². The normalized spacial score (nSPS) is 12.3. The number of nitrogens with zero attached hydrogens (tertiary/aromatic N) is 3. The first-order valence-electron chi connectivity index (χ1n) is 9.04. The topological polar surface area (TPSA) is 145 Å². The number of nitrogens with two attached hydrogens (primary N) is 1. The predicted octanol–water partition coefficient (Wildman–Crippen LogP) is 2.59. The average Bonchev–Trinajstić information content (AvgIpc) is 3.06. The zero-order chi connectivity index (χ0) is 20.7. The van der Waals surface area contributed by atoms with Gasteiger partial charge in [0.25, 0.3) is 5.69 Å². The van der Waals surface area contributed by atoms with Gasteiger partial charge in [-0.2, -0.15) is 5.10 Å². The lowest BCUT2D eigenvalue weighted by Gasteiger charge is -2.18. The van der Waals surface area contributed by atoms with Gasteiger partial charge in [0.05, 0.1) is 17.2 Å². The van der Waals surface area contributed by atoms with Crippen molar-refractivity contribution in [3.8, 4) is 28.1 Å². The van der Waals surface area contributed by atoms with Crippen LogP contribution in [0.1, 0.15) is 21.6 Å². The monoisotopic (exact) mass is 394 g/mol. The first kappa shape index (κ1) is 18.6. The third kappa shape index (κ3) is 3.11. The molecule has 1 aromatic heterocycles. The van der Waals surface area contributed by atoms with Crippen molar-refractivity contribution in [3.05, 3.63) is 63.3 Å². The van der Waals surface area contributed by atoms with Crippen LogP contribution in [-0.4, -0.2) is 37.4 Å². The molecule has 3 aromatic rings. The van der Waals surface area contributed by atoms with E-state index in [4.69, 9.17) is 5.73 Å². The van der Waals surface area contributed by atoms with E-state index in [1.54, 1.807) is 24.3 Å². The van der Waals surface area contributed by atoms with Gasteiger partial charge in [0.15, 0.2) is 0 Å². The number of carbonyl (C=O) groups is 1. The highest BCUT2D eigenvalue weighted by molar-refractivity contribution is 5.91. The molecule has 0 spiro atoms. The summed E-state index contributed by atoms with van der Waals surface area (Å²) in [5, 5.41) is 35.7.